The van der Waals surface area contributed by atoms with Crippen molar-refractivity contribution < 1.29 is 38.0 Å². The molecule has 1 heterocycles. The molecule has 0 radical (unpaired) electrons. The number of phenols is 2. The van der Waals surface area contributed by atoms with Crippen molar-refractivity contribution >= 4 is 23.3 Å². The van der Waals surface area contributed by atoms with E-state index >= 15 is 0 Å². The van der Waals surface area contributed by atoms with Gasteiger partial charge in [-0.3, -0.25) is 4.79 Å². The van der Waals surface area contributed by atoms with Crippen LogP contribution in [0.3, 0.4) is 0 Å². The Morgan fingerprint density at radius 3 is 2.52 bits per heavy atom. The van der Waals surface area contributed by atoms with Crippen molar-refractivity contribution in [3.63, 3.8) is 0 Å². The molecule has 2 rings (SSSR count). The molecule has 1 aliphatic rings. The SMILES string of the molecule is CCOC(=O)[C@@H]1[C@H](c2ccc(O)c(O)c2)NC(=S)N[C@]1(O)C(F)(F)F. The third-order valence-electron chi connectivity index (χ3n) is 3.71. The molecule has 1 aromatic carbocycles. The molecule has 0 amide bonds. The van der Waals surface area contributed by atoms with Crippen LogP contribution in [0.2, 0.25) is 0 Å². The van der Waals surface area contributed by atoms with Crippen LogP contribution in [-0.4, -0.2) is 44.9 Å². The number of phenolic OH excluding ortho intramolecular Hbond substituents is 2. The number of alkyl halides is 3. The van der Waals surface area contributed by atoms with Gasteiger partial charge >= 0.3 is 12.1 Å². The molecule has 0 bridgehead atoms. The Bertz CT molecular complexity index is 700. The normalized spacial score (nSPS) is 26.5. The predicted octanol–water partition coefficient (Wildman–Crippen LogP) is 1.05. The van der Waals surface area contributed by atoms with Gasteiger partial charge in [0, 0.05) is 0 Å². The molecule has 11 heteroatoms. The number of hydrogen-bond acceptors (Lipinski definition) is 6. The molecular weight excluding hydrogens is 365 g/mol. The topological polar surface area (TPSA) is 111 Å². The Kier molecular flexibility index (Phi) is 5.00. The molecule has 7 nitrogen and oxygen atoms in total. The van der Waals surface area contributed by atoms with Gasteiger partial charge in [0.1, 0.15) is 5.92 Å². The highest BCUT2D eigenvalue weighted by Crippen LogP contribution is 2.44. The van der Waals surface area contributed by atoms with Crippen molar-refractivity contribution in [1.29, 1.82) is 0 Å². The minimum atomic E-state index is -5.26. The van der Waals surface area contributed by atoms with Crippen molar-refractivity contribution in [2.75, 3.05) is 6.61 Å². The van der Waals surface area contributed by atoms with E-state index in [1.165, 1.54) is 13.0 Å². The van der Waals surface area contributed by atoms with Crippen LogP contribution in [0.15, 0.2) is 18.2 Å². The Balaban J connectivity index is 2.59. The highest BCUT2D eigenvalue weighted by atomic mass is 32.1. The molecule has 1 fully saturated rings. The molecule has 0 saturated carbocycles. The highest BCUT2D eigenvalue weighted by Gasteiger charge is 2.66. The lowest BCUT2D eigenvalue weighted by Gasteiger charge is -2.45. The molecule has 1 aromatic rings. The first-order chi connectivity index (χ1) is 11.5. The predicted molar refractivity (Wildman–Crippen MR) is 82.5 cm³/mol. The molecule has 1 saturated heterocycles. The fraction of sp³-hybridized carbons (Fsp3) is 0.429. The lowest BCUT2D eigenvalue weighted by molar-refractivity contribution is -0.292. The third kappa shape index (κ3) is 3.42. The highest BCUT2D eigenvalue weighted by molar-refractivity contribution is 7.80. The molecule has 3 atom stereocenters. The third-order valence-corrected chi connectivity index (χ3v) is 3.93. The summed E-state index contributed by atoms with van der Waals surface area (Å²) in [6.45, 7) is 1.20. The summed E-state index contributed by atoms with van der Waals surface area (Å²) in [5.74, 6) is -4.59. The second kappa shape index (κ2) is 6.56. The molecule has 1 aliphatic heterocycles. The first-order valence-corrected chi connectivity index (χ1v) is 7.48. The van der Waals surface area contributed by atoms with Crippen molar-refractivity contribution in [2.45, 2.75) is 24.9 Å². The second-order valence-corrected chi connectivity index (χ2v) is 5.73. The van der Waals surface area contributed by atoms with Crippen LogP contribution in [0.4, 0.5) is 13.2 Å². The Labute approximate surface area is 145 Å². The maximum atomic E-state index is 13.5. The minimum Gasteiger partial charge on any atom is -0.504 e. The number of rotatable bonds is 3. The molecule has 0 unspecified atom stereocenters. The summed E-state index contributed by atoms with van der Waals surface area (Å²) in [6.07, 6.45) is -5.26. The summed E-state index contributed by atoms with van der Waals surface area (Å²) in [7, 11) is 0. The second-order valence-electron chi connectivity index (χ2n) is 5.32. The van der Waals surface area contributed by atoms with Gasteiger partial charge in [-0.1, -0.05) is 6.07 Å². The molecule has 0 aliphatic carbocycles. The lowest BCUT2D eigenvalue weighted by Crippen LogP contribution is -2.73. The average molecular weight is 380 g/mol. The number of halogens is 3. The van der Waals surface area contributed by atoms with Gasteiger partial charge in [0.25, 0.3) is 5.72 Å². The van der Waals surface area contributed by atoms with Gasteiger partial charge < -0.3 is 30.7 Å². The van der Waals surface area contributed by atoms with E-state index in [4.69, 9.17) is 12.2 Å². The number of esters is 1. The maximum absolute atomic E-state index is 13.5. The largest absolute Gasteiger partial charge is 0.504 e. The average Bonchev–Trinajstić information content (AvgIpc) is 2.48. The van der Waals surface area contributed by atoms with Gasteiger partial charge in [0.15, 0.2) is 16.6 Å². The number of benzene rings is 1. The van der Waals surface area contributed by atoms with Crippen LogP contribution in [0.25, 0.3) is 0 Å². The number of carbonyl (C=O) groups is 1. The standard InChI is InChI=1S/C14H15F3N2O5S/c1-2-24-11(22)9-10(6-3-4-7(20)8(21)5-6)18-12(25)19-13(9,23)14(15,16)17/h3-5,9-10,20-21,23H,2H2,1H3,(H2,18,19,25)/t9-,10-,13+/m0/s1. The number of hydrogen-bond donors (Lipinski definition) is 5. The summed E-state index contributed by atoms with van der Waals surface area (Å²) < 4.78 is 45.1. The van der Waals surface area contributed by atoms with Crippen molar-refractivity contribution in [1.82, 2.24) is 10.6 Å². The first kappa shape index (κ1) is 19.1. The van der Waals surface area contributed by atoms with Gasteiger partial charge in [-0.25, -0.2) is 0 Å². The lowest BCUT2D eigenvalue weighted by atomic mass is 9.82. The fourth-order valence-electron chi connectivity index (χ4n) is 2.55. The van der Waals surface area contributed by atoms with E-state index in [-0.39, 0.29) is 12.2 Å². The van der Waals surface area contributed by atoms with Crippen LogP contribution < -0.4 is 10.6 Å². The van der Waals surface area contributed by atoms with E-state index in [0.717, 1.165) is 12.1 Å². The van der Waals surface area contributed by atoms with Crippen molar-refractivity contribution in [2.24, 2.45) is 5.92 Å². The molecule has 5 N–H and O–H groups in total. The maximum Gasteiger partial charge on any atom is 0.437 e. The zero-order valence-corrected chi connectivity index (χ0v) is 13.6. The van der Waals surface area contributed by atoms with Crippen molar-refractivity contribution in [3.05, 3.63) is 23.8 Å². The van der Waals surface area contributed by atoms with Gasteiger partial charge in [-0.2, -0.15) is 13.2 Å². The van der Waals surface area contributed by atoms with Gasteiger partial charge in [-0.05, 0) is 36.8 Å². The summed E-state index contributed by atoms with van der Waals surface area (Å²) in [5, 5.41) is 32.8. The van der Waals surface area contributed by atoms with Crippen LogP contribution in [0, 0.1) is 5.92 Å². The van der Waals surface area contributed by atoms with Gasteiger partial charge in [0.05, 0.1) is 12.6 Å². The summed E-state index contributed by atoms with van der Waals surface area (Å²) in [5.41, 5.74) is -3.69. The van der Waals surface area contributed by atoms with Crippen LogP contribution in [-0.2, 0) is 9.53 Å². The van der Waals surface area contributed by atoms with Gasteiger partial charge in [0.2, 0.25) is 0 Å². The monoisotopic (exact) mass is 380 g/mol. The number of carbonyl (C=O) groups excluding carboxylic acids is 1. The molecular formula is C14H15F3N2O5S. The number of thiocarbonyl (C=S) groups is 1. The summed E-state index contributed by atoms with van der Waals surface area (Å²) in [4.78, 5) is 12.2. The van der Waals surface area contributed by atoms with E-state index in [2.05, 4.69) is 10.1 Å². The van der Waals surface area contributed by atoms with E-state index in [1.54, 1.807) is 5.32 Å². The Morgan fingerprint density at radius 2 is 2.00 bits per heavy atom. The molecule has 0 aromatic heterocycles. The fourth-order valence-corrected chi connectivity index (χ4v) is 2.83. The first-order valence-electron chi connectivity index (χ1n) is 7.07. The van der Waals surface area contributed by atoms with E-state index in [0.29, 0.717) is 0 Å². The smallest absolute Gasteiger partial charge is 0.437 e. The zero-order valence-electron chi connectivity index (χ0n) is 12.8. The molecule has 25 heavy (non-hydrogen) atoms. The van der Waals surface area contributed by atoms with E-state index in [1.807, 2.05) is 0 Å². The van der Waals surface area contributed by atoms with Crippen molar-refractivity contribution in [3.8, 4) is 11.5 Å². The van der Waals surface area contributed by atoms with E-state index in [9.17, 15) is 33.3 Å². The Morgan fingerprint density at radius 1 is 1.36 bits per heavy atom. The zero-order chi connectivity index (χ0) is 19.0. The summed E-state index contributed by atoms with van der Waals surface area (Å²) in [6, 6.07) is 1.71. The Hall–Kier alpha value is -2.27. The van der Waals surface area contributed by atoms with Gasteiger partial charge in [-0.15, -0.1) is 0 Å². The number of ether oxygens (including phenoxy) is 1. The number of aromatic hydroxyl groups is 2. The van der Waals surface area contributed by atoms with Crippen LogP contribution in [0.1, 0.15) is 18.5 Å². The minimum absolute atomic E-state index is 0.0140. The van der Waals surface area contributed by atoms with E-state index < -0.39 is 46.4 Å². The quantitative estimate of drug-likeness (QED) is 0.301. The van der Waals surface area contributed by atoms with Crippen LogP contribution >= 0.6 is 12.2 Å². The van der Waals surface area contributed by atoms with Crippen LogP contribution in [0.5, 0.6) is 11.5 Å². The molecule has 0 spiro atoms. The summed E-state index contributed by atoms with van der Waals surface area (Å²) >= 11 is 4.72. The number of nitrogens with one attached hydrogen (secondary N) is 2. The number of aliphatic hydroxyl groups is 1. The molecule has 138 valence electrons.